The number of piperidine rings is 1. The maximum atomic E-state index is 12.8. The number of carbonyl (C=O) groups excluding carboxylic acids is 1. The molecule has 1 amide bonds. The van der Waals surface area contributed by atoms with Crippen molar-refractivity contribution >= 4 is 11.6 Å². The van der Waals surface area contributed by atoms with Crippen LogP contribution in [0.2, 0.25) is 0 Å². The lowest BCUT2D eigenvalue weighted by Crippen LogP contribution is -2.56. The lowest BCUT2D eigenvalue weighted by Gasteiger charge is -2.41. The molecule has 2 aliphatic rings. The fourth-order valence-electron chi connectivity index (χ4n) is 3.60. The average Bonchev–Trinajstić information content (AvgIpc) is 2.64. The van der Waals surface area contributed by atoms with Crippen LogP contribution in [0.5, 0.6) is 0 Å². The molecule has 4 nitrogen and oxygen atoms in total. The Hall–Kier alpha value is -1.55. The van der Waals surface area contributed by atoms with E-state index in [1.54, 1.807) is 0 Å². The number of hydrogen-bond acceptors (Lipinski definition) is 3. The molecule has 108 valence electrons. The van der Waals surface area contributed by atoms with Crippen molar-refractivity contribution in [3.63, 3.8) is 0 Å². The zero-order valence-electron chi connectivity index (χ0n) is 12.5. The summed E-state index contributed by atoms with van der Waals surface area (Å²) in [7, 11) is 1.92. The normalized spacial score (nSPS) is 25.6. The summed E-state index contributed by atoms with van der Waals surface area (Å²) in [6.45, 7) is 6.03. The number of likely N-dealkylation sites (N-methyl/N-ethyl adjacent to an activating group) is 1. The number of aryl methyl sites for hydroxylation is 1. The summed E-state index contributed by atoms with van der Waals surface area (Å²) in [5.74, 6) is 0.270. The smallest absolute Gasteiger partial charge is 0.249 e. The fourth-order valence-corrected chi connectivity index (χ4v) is 3.60. The Morgan fingerprint density at radius 2 is 1.80 bits per heavy atom. The molecule has 4 heteroatoms. The molecule has 20 heavy (non-hydrogen) atoms. The van der Waals surface area contributed by atoms with E-state index in [2.05, 4.69) is 48.3 Å². The molecule has 3 rings (SSSR count). The van der Waals surface area contributed by atoms with Crippen LogP contribution in [0.3, 0.4) is 0 Å². The van der Waals surface area contributed by atoms with Gasteiger partial charge in [0, 0.05) is 12.7 Å². The maximum Gasteiger partial charge on any atom is 0.249 e. The zero-order valence-corrected chi connectivity index (χ0v) is 12.5. The lowest BCUT2D eigenvalue weighted by atomic mass is 9.86. The van der Waals surface area contributed by atoms with Crippen molar-refractivity contribution in [2.45, 2.75) is 38.4 Å². The van der Waals surface area contributed by atoms with Gasteiger partial charge in [0.2, 0.25) is 5.91 Å². The zero-order chi connectivity index (χ0) is 14.3. The van der Waals surface area contributed by atoms with Gasteiger partial charge in [-0.2, -0.15) is 0 Å². The molecule has 0 aliphatic carbocycles. The van der Waals surface area contributed by atoms with Gasteiger partial charge in [-0.1, -0.05) is 17.7 Å². The molecule has 1 unspecified atom stereocenters. The van der Waals surface area contributed by atoms with E-state index < -0.39 is 0 Å². The second-order valence-corrected chi connectivity index (χ2v) is 6.04. The molecule has 0 aromatic heterocycles. The number of hydrogen-bond donors (Lipinski definition) is 1. The number of benzene rings is 1. The fraction of sp³-hybridized carbons (Fsp3) is 0.562. The van der Waals surface area contributed by atoms with Gasteiger partial charge in [-0.15, -0.1) is 0 Å². The molecule has 2 fully saturated rings. The minimum atomic E-state index is -0.353. The average molecular weight is 273 g/mol. The highest BCUT2D eigenvalue weighted by atomic mass is 16.2. The van der Waals surface area contributed by atoms with Gasteiger partial charge >= 0.3 is 0 Å². The lowest BCUT2D eigenvalue weighted by molar-refractivity contribution is -0.132. The van der Waals surface area contributed by atoms with E-state index in [0.29, 0.717) is 0 Å². The minimum Gasteiger partial charge on any atom is -0.336 e. The van der Waals surface area contributed by atoms with Crippen LogP contribution in [0.25, 0.3) is 0 Å². The Morgan fingerprint density at radius 3 is 2.40 bits per heavy atom. The Morgan fingerprint density at radius 1 is 1.20 bits per heavy atom. The Labute approximate surface area is 120 Å². The first-order valence-electron chi connectivity index (χ1n) is 7.40. The molecule has 0 radical (unpaired) electrons. The van der Waals surface area contributed by atoms with E-state index in [4.69, 9.17) is 0 Å². The van der Waals surface area contributed by atoms with Crippen LogP contribution in [-0.4, -0.2) is 42.6 Å². The second-order valence-electron chi connectivity index (χ2n) is 6.04. The van der Waals surface area contributed by atoms with E-state index in [1.807, 2.05) is 11.9 Å². The molecule has 1 N–H and O–H groups in total. The van der Waals surface area contributed by atoms with Crippen molar-refractivity contribution in [2.75, 3.05) is 25.0 Å². The molecule has 1 aromatic rings. The molecule has 0 bridgehead atoms. The second kappa shape index (κ2) is 4.77. The summed E-state index contributed by atoms with van der Waals surface area (Å²) in [4.78, 5) is 17.0. The summed E-state index contributed by atoms with van der Waals surface area (Å²) in [6.07, 6.45) is 1.88. The molecule has 2 aliphatic heterocycles. The first-order valence-corrected chi connectivity index (χ1v) is 7.40. The van der Waals surface area contributed by atoms with Gasteiger partial charge in [-0.25, -0.2) is 0 Å². The van der Waals surface area contributed by atoms with Gasteiger partial charge in [0.1, 0.15) is 11.7 Å². The Kier molecular flexibility index (Phi) is 3.21. The summed E-state index contributed by atoms with van der Waals surface area (Å²) in [6, 6.07) is 8.53. The summed E-state index contributed by atoms with van der Waals surface area (Å²) < 4.78 is 0. The van der Waals surface area contributed by atoms with Crippen molar-refractivity contribution in [3.8, 4) is 0 Å². The molecule has 0 saturated carbocycles. The molecular formula is C16H23N3O. The Balaban J connectivity index is 2.05. The molecular weight excluding hydrogens is 250 g/mol. The van der Waals surface area contributed by atoms with Crippen molar-refractivity contribution in [1.82, 2.24) is 10.2 Å². The topological polar surface area (TPSA) is 35.6 Å². The predicted octanol–water partition coefficient (Wildman–Crippen LogP) is 1.74. The van der Waals surface area contributed by atoms with E-state index in [0.717, 1.165) is 31.6 Å². The molecule has 1 aromatic carbocycles. The number of carbonyl (C=O) groups is 1. The summed E-state index contributed by atoms with van der Waals surface area (Å²) >= 11 is 0. The highest BCUT2D eigenvalue weighted by molar-refractivity contribution is 5.94. The molecule has 1 atom stereocenters. The van der Waals surface area contributed by atoms with Crippen LogP contribution in [-0.2, 0) is 4.79 Å². The highest BCUT2D eigenvalue weighted by Gasteiger charge is 2.54. The number of amides is 1. The summed E-state index contributed by atoms with van der Waals surface area (Å²) in [5, 5.41) is 3.37. The van der Waals surface area contributed by atoms with Crippen molar-refractivity contribution in [2.24, 2.45) is 0 Å². The van der Waals surface area contributed by atoms with Crippen LogP contribution in [0, 0.1) is 6.92 Å². The van der Waals surface area contributed by atoms with E-state index in [9.17, 15) is 4.79 Å². The van der Waals surface area contributed by atoms with Crippen molar-refractivity contribution in [3.05, 3.63) is 29.8 Å². The van der Waals surface area contributed by atoms with Crippen molar-refractivity contribution < 1.29 is 4.79 Å². The van der Waals surface area contributed by atoms with E-state index >= 15 is 0 Å². The standard InChI is InChI=1S/C16H23N3O/c1-12-4-6-14(7-5-12)19-13(2)18(3)15(20)16(19)8-10-17-11-9-16/h4-7,13,17H,8-11H2,1-3H3. The van der Waals surface area contributed by atoms with Gasteiger partial charge in [0.25, 0.3) is 0 Å². The number of nitrogens with one attached hydrogen (secondary N) is 1. The summed E-state index contributed by atoms with van der Waals surface area (Å²) in [5.41, 5.74) is 2.05. The molecule has 2 saturated heterocycles. The number of anilines is 1. The number of nitrogens with zero attached hydrogens (tertiary/aromatic N) is 2. The third-order valence-corrected chi connectivity index (χ3v) is 4.86. The van der Waals surface area contributed by atoms with Gasteiger partial charge in [-0.05, 0) is 51.9 Å². The van der Waals surface area contributed by atoms with Crippen LogP contribution in [0.1, 0.15) is 25.3 Å². The number of rotatable bonds is 1. The van der Waals surface area contributed by atoms with E-state index in [-0.39, 0.29) is 17.6 Å². The molecule has 2 heterocycles. The van der Waals surface area contributed by atoms with Gasteiger partial charge < -0.3 is 15.1 Å². The van der Waals surface area contributed by atoms with Crippen LogP contribution < -0.4 is 10.2 Å². The van der Waals surface area contributed by atoms with Crippen LogP contribution in [0.15, 0.2) is 24.3 Å². The first-order chi connectivity index (χ1) is 9.56. The SMILES string of the molecule is Cc1ccc(N2C(C)N(C)C(=O)C23CCNCC3)cc1. The monoisotopic (exact) mass is 273 g/mol. The van der Waals surface area contributed by atoms with Crippen LogP contribution in [0.4, 0.5) is 5.69 Å². The van der Waals surface area contributed by atoms with Crippen molar-refractivity contribution in [1.29, 1.82) is 0 Å². The quantitative estimate of drug-likeness (QED) is 0.846. The third-order valence-electron chi connectivity index (χ3n) is 4.86. The predicted molar refractivity (Wildman–Crippen MR) is 80.7 cm³/mol. The first kappa shape index (κ1) is 13.4. The van der Waals surface area contributed by atoms with Gasteiger partial charge in [-0.3, -0.25) is 4.79 Å². The van der Waals surface area contributed by atoms with E-state index in [1.165, 1.54) is 5.56 Å². The highest BCUT2D eigenvalue weighted by Crippen LogP contribution is 2.40. The van der Waals surface area contributed by atoms with Gasteiger partial charge in [0.05, 0.1) is 0 Å². The largest absolute Gasteiger partial charge is 0.336 e. The Bertz CT molecular complexity index is 505. The van der Waals surface area contributed by atoms with Gasteiger partial charge in [0.15, 0.2) is 0 Å². The van der Waals surface area contributed by atoms with Crippen LogP contribution >= 0.6 is 0 Å². The maximum absolute atomic E-state index is 12.8. The minimum absolute atomic E-state index is 0.114. The molecule has 1 spiro atoms. The third kappa shape index (κ3) is 1.82.